The van der Waals surface area contributed by atoms with Crippen molar-refractivity contribution in [3.8, 4) is 5.75 Å². The average Bonchev–Trinajstić information content (AvgIpc) is 2.55. The molecule has 0 unspecified atom stereocenters. The van der Waals surface area contributed by atoms with Crippen LogP contribution in [0.4, 0.5) is 5.69 Å². The molecule has 3 aromatic rings. The molecule has 0 fully saturated rings. The summed E-state index contributed by atoms with van der Waals surface area (Å²) in [6.45, 7) is 0. The largest absolute Gasteiger partial charge is 0.495 e. The molecule has 0 spiro atoms. The highest BCUT2D eigenvalue weighted by Crippen LogP contribution is 2.43. The molecule has 0 saturated carbocycles. The summed E-state index contributed by atoms with van der Waals surface area (Å²) >= 11 is 7.45. The van der Waals surface area contributed by atoms with Crippen LogP contribution >= 0.6 is 23.4 Å². The van der Waals surface area contributed by atoms with E-state index in [0.717, 1.165) is 9.79 Å². The lowest BCUT2D eigenvalue weighted by molar-refractivity contribution is -0.383. The van der Waals surface area contributed by atoms with Gasteiger partial charge in [0.25, 0.3) is 5.69 Å². The van der Waals surface area contributed by atoms with E-state index in [2.05, 4.69) is 4.98 Å². The highest BCUT2D eigenvalue weighted by molar-refractivity contribution is 7.99. The van der Waals surface area contributed by atoms with Crippen molar-refractivity contribution in [2.24, 2.45) is 0 Å². The van der Waals surface area contributed by atoms with Gasteiger partial charge >= 0.3 is 0 Å². The summed E-state index contributed by atoms with van der Waals surface area (Å²) in [6.07, 6.45) is 1.54. The van der Waals surface area contributed by atoms with E-state index in [-0.39, 0.29) is 5.69 Å². The van der Waals surface area contributed by atoms with Crippen LogP contribution in [0.2, 0.25) is 5.02 Å². The van der Waals surface area contributed by atoms with E-state index in [0.29, 0.717) is 21.7 Å². The normalized spacial score (nSPS) is 10.7. The Balaban J connectivity index is 2.23. The maximum absolute atomic E-state index is 11.3. The molecular weight excluding hydrogens is 336 g/mol. The predicted molar refractivity (Wildman–Crippen MR) is 90.5 cm³/mol. The Morgan fingerprint density at radius 3 is 2.78 bits per heavy atom. The molecule has 0 N–H and O–H groups in total. The number of aromatic nitrogens is 1. The summed E-state index contributed by atoms with van der Waals surface area (Å²) in [6, 6.07) is 12.3. The second-order valence-corrected chi connectivity index (χ2v) is 6.16. The van der Waals surface area contributed by atoms with Gasteiger partial charge in [-0.05, 0) is 30.3 Å². The third-order valence-corrected chi connectivity index (χ3v) is 4.57. The van der Waals surface area contributed by atoms with Crippen molar-refractivity contribution in [3.63, 3.8) is 0 Å². The van der Waals surface area contributed by atoms with E-state index < -0.39 is 4.92 Å². The minimum absolute atomic E-state index is 0.0760. The van der Waals surface area contributed by atoms with Gasteiger partial charge in [-0.1, -0.05) is 29.4 Å². The first-order chi connectivity index (χ1) is 11.1. The van der Waals surface area contributed by atoms with E-state index >= 15 is 0 Å². The fourth-order valence-electron chi connectivity index (χ4n) is 2.23. The first kappa shape index (κ1) is 15.6. The summed E-state index contributed by atoms with van der Waals surface area (Å²) in [5.41, 5.74) is 0.260. The number of ether oxygens (including phenoxy) is 1. The Bertz CT molecular complexity index is 902. The summed E-state index contributed by atoms with van der Waals surface area (Å²) in [4.78, 5) is 16.7. The fraction of sp³-hybridized carbons (Fsp3) is 0.0625. The van der Waals surface area contributed by atoms with Crippen LogP contribution in [-0.2, 0) is 0 Å². The highest BCUT2D eigenvalue weighted by atomic mass is 35.5. The van der Waals surface area contributed by atoms with E-state index in [9.17, 15) is 10.1 Å². The van der Waals surface area contributed by atoms with Crippen molar-refractivity contribution in [2.75, 3.05) is 7.11 Å². The van der Waals surface area contributed by atoms with Crippen LogP contribution in [0, 0.1) is 10.1 Å². The smallest absolute Gasteiger partial charge is 0.299 e. The molecular formula is C16H11ClN2O3S. The number of fused-ring (bicyclic) bond motifs is 1. The maximum atomic E-state index is 11.3. The predicted octanol–water partition coefficient (Wildman–Crippen LogP) is 4.96. The minimum Gasteiger partial charge on any atom is -0.495 e. The van der Waals surface area contributed by atoms with Crippen molar-refractivity contribution in [3.05, 3.63) is 63.8 Å². The van der Waals surface area contributed by atoms with Crippen LogP contribution in [0.25, 0.3) is 10.9 Å². The van der Waals surface area contributed by atoms with Crippen molar-refractivity contribution >= 4 is 40.0 Å². The van der Waals surface area contributed by atoms with Crippen LogP contribution in [0.1, 0.15) is 0 Å². The molecule has 0 aliphatic heterocycles. The monoisotopic (exact) mass is 346 g/mol. The first-order valence-electron chi connectivity index (χ1n) is 6.63. The molecule has 0 saturated heterocycles. The van der Waals surface area contributed by atoms with E-state index in [4.69, 9.17) is 16.3 Å². The van der Waals surface area contributed by atoms with Crippen LogP contribution in [0.5, 0.6) is 5.75 Å². The molecule has 0 radical (unpaired) electrons. The quantitative estimate of drug-likeness (QED) is 0.493. The lowest BCUT2D eigenvalue weighted by Gasteiger charge is -2.11. The molecule has 116 valence electrons. The SMILES string of the molecule is COc1cc([N+](=O)[O-])c2ncccc2c1Sc1cccc(Cl)c1. The number of nitro groups is 1. The van der Waals surface area contributed by atoms with Gasteiger partial charge in [0.1, 0.15) is 11.3 Å². The van der Waals surface area contributed by atoms with Crippen molar-refractivity contribution in [2.45, 2.75) is 9.79 Å². The van der Waals surface area contributed by atoms with Gasteiger partial charge in [-0.15, -0.1) is 0 Å². The highest BCUT2D eigenvalue weighted by Gasteiger charge is 2.21. The van der Waals surface area contributed by atoms with Gasteiger partial charge < -0.3 is 4.74 Å². The third kappa shape index (κ3) is 3.09. The molecule has 0 aliphatic carbocycles. The third-order valence-electron chi connectivity index (χ3n) is 3.22. The van der Waals surface area contributed by atoms with Gasteiger partial charge in [-0.25, -0.2) is 4.98 Å². The van der Waals surface area contributed by atoms with Crippen molar-refractivity contribution < 1.29 is 9.66 Å². The summed E-state index contributed by atoms with van der Waals surface area (Å²) in [5.74, 6) is 0.433. The van der Waals surface area contributed by atoms with Crippen LogP contribution in [-0.4, -0.2) is 17.0 Å². The Kier molecular flexibility index (Phi) is 4.36. The van der Waals surface area contributed by atoms with Gasteiger partial charge in [0, 0.05) is 21.5 Å². The number of halogens is 1. The Labute approximate surface area is 141 Å². The zero-order valence-electron chi connectivity index (χ0n) is 12.0. The lowest BCUT2D eigenvalue weighted by atomic mass is 10.2. The number of nitrogens with zero attached hydrogens (tertiary/aromatic N) is 2. The number of non-ortho nitro benzene ring substituents is 1. The molecule has 1 heterocycles. The summed E-state index contributed by atoms with van der Waals surface area (Å²) < 4.78 is 5.36. The number of methoxy groups -OCH3 is 1. The zero-order chi connectivity index (χ0) is 16.4. The topological polar surface area (TPSA) is 65.3 Å². The molecule has 5 nitrogen and oxygen atoms in total. The number of benzene rings is 2. The summed E-state index contributed by atoms with van der Waals surface area (Å²) in [7, 11) is 1.49. The number of pyridine rings is 1. The van der Waals surface area contributed by atoms with Gasteiger partial charge in [0.2, 0.25) is 0 Å². The molecule has 2 aromatic carbocycles. The maximum Gasteiger partial charge on any atom is 0.299 e. The second kappa shape index (κ2) is 6.44. The van der Waals surface area contributed by atoms with Gasteiger partial charge in [0.05, 0.1) is 23.0 Å². The van der Waals surface area contributed by atoms with E-state index in [1.807, 2.05) is 18.2 Å². The fourth-order valence-corrected chi connectivity index (χ4v) is 3.57. The molecule has 1 aromatic heterocycles. The molecule has 0 bridgehead atoms. The number of nitro benzene ring substituents is 1. The Morgan fingerprint density at radius 1 is 1.26 bits per heavy atom. The van der Waals surface area contributed by atoms with Crippen LogP contribution in [0.3, 0.4) is 0 Å². The summed E-state index contributed by atoms with van der Waals surface area (Å²) in [5, 5.41) is 12.6. The standard InChI is InChI=1S/C16H11ClN2O3S/c1-22-14-9-13(19(20)21)15-12(6-3-7-18-15)16(14)23-11-5-2-4-10(17)8-11/h2-9H,1H3. The second-order valence-electron chi connectivity index (χ2n) is 4.64. The van der Waals surface area contributed by atoms with Crippen LogP contribution < -0.4 is 4.74 Å². The number of hydrogen-bond acceptors (Lipinski definition) is 5. The molecule has 3 rings (SSSR count). The van der Waals surface area contributed by atoms with Gasteiger partial charge in [-0.3, -0.25) is 10.1 Å². The Hall–Kier alpha value is -2.31. The molecule has 7 heteroatoms. The van der Waals surface area contributed by atoms with Crippen LogP contribution in [0.15, 0.2) is 58.5 Å². The molecule has 23 heavy (non-hydrogen) atoms. The van der Waals surface area contributed by atoms with E-state index in [1.54, 1.807) is 18.2 Å². The average molecular weight is 347 g/mol. The lowest BCUT2D eigenvalue weighted by Crippen LogP contribution is -1.96. The van der Waals surface area contributed by atoms with E-state index in [1.165, 1.54) is 31.1 Å². The van der Waals surface area contributed by atoms with Gasteiger partial charge in [-0.2, -0.15) is 0 Å². The van der Waals surface area contributed by atoms with Gasteiger partial charge in [0.15, 0.2) is 0 Å². The minimum atomic E-state index is -0.453. The molecule has 0 aliphatic rings. The first-order valence-corrected chi connectivity index (χ1v) is 7.83. The molecule has 0 amide bonds. The molecule has 0 atom stereocenters. The zero-order valence-corrected chi connectivity index (χ0v) is 13.6. The number of hydrogen-bond donors (Lipinski definition) is 0. The Morgan fingerprint density at radius 2 is 2.09 bits per heavy atom. The van der Waals surface area contributed by atoms with Crippen molar-refractivity contribution in [1.29, 1.82) is 0 Å². The number of rotatable bonds is 4. The van der Waals surface area contributed by atoms with Crippen molar-refractivity contribution in [1.82, 2.24) is 4.98 Å².